The lowest BCUT2D eigenvalue weighted by molar-refractivity contribution is -0.146. The molecule has 0 radical (unpaired) electrons. The number of benzene rings is 1. The maximum atomic E-state index is 12.6. The molecule has 1 fully saturated rings. The molecular weight excluding hydrogens is 344 g/mol. The monoisotopic (exact) mass is 366 g/mol. The summed E-state index contributed by atoms with van der Waals surface area (Å²) in [5.74, 6) is -1.79. The summed E-state index contributed by atoms with van der Waals surface area (Å²) in [6, 6.07) is 6.16. The van der Waals surface area contributed by atoms with Gasteiger partial charge in [-0.2, -0.15) is 0 Å². The summed E-state index contributed by atoms with van der Waals surface area (Å²) in [5.41, 5.74) is 0.705. The number of methoxy groups -OCH3 is 1. The average Bonchev–Trinajstić information content (AvgIpc) is 2.95. The number of nitrogens with one attached hydrogen (secondary N) is 1. The van der Waals surface area contributed by atoms with Crippen LogP contribution in [0.25, 0.3) is 0 Å². The molecule has 1 aliphatic heterocycles. The van der Waals surface area contributed by atoms with Crippen molar-refractivity contribution in [2.75, 3.05) is 18.6 Å². The van der Waals surface area contributed by atoms with Gasteiger partial charge in [0.15, 0.2) is 0 Å². The van der Waals surface area contributed by atoms with Crippen LogP contribution >= 0.6 is 11.6 Å². The maximum Gasteiger partial charge on any atom is 0.328 e. The van der Waals surface area contributed by atoms with Crippen LogP contribution in [0.2, 0.25) is 5.02 Å². The van der Waals surface area contributed by atoms with Gasteiger partial charge in [-0.05, 0) is 43.0 Å². The summed E-state index contributed by atoms with van der Waals surface area (Å²) in [4.78, 5) is 38.5. The van der Waals surface area contributed by atoms with E-state index in [2.05, 4.69) is 5.32 Å². The van der Waals surface area contributed by atoms with Crippen LogP contribution in [0.4, 0.5) is 5.69 Å². The van der Waals surface area contributed by atoms with E-state index in [1.54, 1.807) is 29.2 Å². The van der Waals surface area contributed by atoms with E-state index >= 15 is 0 Å². The van der Waals surface area contributed by atoms with Crippen LogP contribution in [0.1, 0.15) is 26.7 Å². The third kappa shape index (κ3) is 4.72. The average molecular weight is 367 g/mol. The molecule has 2 atom stereocenters. The van der Waals surface area contributed by atoms with Crippen LogP contribution in [-0.2, 0) is 19.1 Å². The molecule has 0 bridgehead atoms. The number of anilines is 1. The number of nitrogens with zero attached hydrogens (tertiary/aromatic N) is 1. The van der Waals surface area contributed by atoms with Crippen molar-refractivity contribution < 1.29 is 19.1 Å². The molecular formula is C18H23ClN2O4. The molecule has 1 N–H and O–H groups in total. The van der Waals surface area contributed by atoms with Crippen LogP contribution in [0, 0.1) is 11.8 Å². The standard InChI is InChI=1S/C18H23ClN2O4/c1-11(2)10-15(18(24)25-3)20-16(22)14-8-9-21(17(14)23)13-6-4-12(19)5-7-13/h4-7,11,14-15H,8-10H2,1-3H3,(H,20,22). The van der Waals surface area contributed by atoms with E-state index in [0.29, 0.717) is 30.1 Å². The number of hydrogen-bond donors (Lipinski definition) is 1. The molecule has 0 saturated carbocycles. The summed E-state index contributed by atoms with van der Waals surface area (Å²) in [6.07, 6.45) is 0.864. The van der Waals surface area contributed by atoms with Gasteiger partial charge in [-0.3, -0.25) is 9.59 Å². The van der Waals surface area contributed by atoms with Gasteiger partial charge in [-0.1, -0.05) is 25.4 Å². The van der Waals surface area contributed by atoms with Gasteiger partial charge in [0.2, 0.25) is 11.8 Å². The first-order chi connectivity index (χ1) is 11.8. The number of esters is 1. The van der Waals surface area contributed by atoms with Gasteiger partial charge in [0.05, 0.1) is 7.11 Å². The number of hydrogen-bond acceptors (Lipinski definition) is 4. The molecule has 25 heavy (non-hydrogen) atoms. The van der Waals surface area contributed by atoms with Crippen LogP contribution in [-0.4, -0.2) is 37.5 Å². The molecule has 1 aromatic carbocycles. The third-order valence-corrected chi connectivity index (χ3v) is 4.42. The van der Waals surface area contributed by atoms with Gasteiger partial charge in [-0.15, -0.1) is 0 Å². The topological polar surface area (TPSA) is 75.7 Å². The molecule has 1 heterocycles. The number of carbonyl (C=O) groups is 3. The maximum absolute atomic E-state index is 12.6. The number of halogens is 1. The molecule has 2 amide bonds. The zero-order chi connectivity index (χ0) is 18.6. The zero-order valence-corrected chi connectivity index (χ0v) is 15.4. The van der Waals surface area contributed by atoms with E-state index < -0.39 is 23.8 Å². The summed E-state index contributed by atoms with van der Waals surface area (Å²) in [7, 11) is 1.28. The van der Waals surface area contributed by atoms with Crippen molar-refractivity contribution in [2.24, 2.45) is 11.8 Å². The second kappa shape index (κ2) is 8.34. The summed E-state index contributed by atoms with van der Waals surface area (Å²) >= 11 is 5.86. The van der Waals surface area contributed by atoms with Crippen molar-refractivity contribution in [1.29, 1.82) is 0 Å². The van der Waals surface area contributed by atoms with Crippen molar-refractivity contribution in [1.82, 2.24) is 5.32 Å². The lowest BCUT2D eigenvalue weighted by Crippen LogP contribution is -2.46. The highest BCUT2D eigenvalue weighted by atomic mass is 35.5. The molecule has 1 aromatic rings. The normalized spacial score (nSPS) is 18.4. The van der Waals surface area contributed by atoms with Crippen molar-refractivity contribution in [3.63, 3.8) is 0 Å². The van der Waals surface area contributed by atoms with Crippen LogP contribution in [0.15, 0.2) is 24.3 Å². The fraction of sp³-hybridized carbons (Fsp3) is 0.500. The van der Waals surface area contributed by atoms with Gasteiger partial charge in [0.1, 0.15) is 12.0 Å². The first-order valence-electron chi connectivity index (χ1n) is 8.28. The van der Waals surface area contributed by atoms with E-state index in [1.807, 2.05) is 13.8 Å². The first kappa shape index (κ1) is 19.2. The Morgan fingerprint density at radius 2 is 1.96 bits per heavy atom. The fourth-order valence-corrected chi connectivity index (χ4v) is 3.03. The summed E-state index contributed by atoms with van der Waals surface area (Å²) in [5, 5.41) is 3.25. The zero-order valence-electron chi connectivity index (χ0n) is 14.6. The quantitative estimate of drug-likeness (QED) is 0.619. The molecule has 6 nitrogen and oxygen atoms in total. The predicted molar refractivity (Wildman–Crippen MR) is 95.3 cm³/mol. The van der Waals surface area contributed by atoms with Gasteiger partial charge in [0, 0.05) is 17.3 Å². The largest absolute Gasteiger partial charge is 0.467 e. The molecule has 1 saturated heterocycles. The minimum atomic E-state index is -0.796. The Morgan fingerprint density at radius 1 is 1.32 bits per heavy atom. The van der Waals surface area contributed by atoms with Crippen molar-refractivity contribution in [3.8, 4) is 0 Å². The SMILES string of the molecule is COC(=O)C(CC(C)C)NC(=O)C1CCN(c2ccc(Cl)cc2)C1=O. The second-order valence-corrected chi connectivity index (χ2v) is 6.96. The van der Waals surface area contributed by atoms with Crippen LogP contribution in [0.5, 0.6) is 0 Å². The summed E-state index contributed by atoms with van der Waals surface area (Å²) in [6.45, 7) is 4.35. The highest BCUT2D eigenvalue weighted by Gasteiger charge is 2.39. The van der Waals surface area contributed by atoms with E-state index in [1.165, 1.54) is 7.11 Å². The molecule has 7 heteroatoms. The van der Waals surface area contributed by atoms with E-state index in [-0.39, 0.29) is 11.8 Å². The van der Waals surface area contributed by atoms with Gasteiger partial charge >= 0.3 is 5.97 Å². The predicted octanol–water partition coefficient (Wildman–Crippen LogP) is 2.40. The van der Waals surface area contributed by atoms with Crippen LogP contribution in [0.3, 0.4) is 0 Å². The van der Waals surface area contributed by atoms with E-state index in [9.17, 15) is 14.4 Å². The number of ether oxygens (including phenoxy) is 1. The fourth-order valence-electron chi connectivity index (χ4n) is 2.90. The minimum Gasteiger partial charge on any atom is -0.467 e. The summed E-state index contributed by atoms with van der Waals surface area (Å²) < 4.78 is 4.74. The molecule has 0 aromatic heterocycles. The Hall–Kier alpha value is -2.08. The number of amides is 2. The van der Waals surface area contributed by atoms with Crippen LogP contribution < -0.4 is 10.2 Å². The Bertz CT molecular complexity index is 645. The first-order valence-corrected chi connectivity index (χ1v) is 8.66. The lowest BCUT2D eigenvalue weighted by Gasteiger charge is -2.20. The number of rotatable bonds is 6. The Balaban J connectivity index is 2.05. The smallest absolute Gasteiger partial charge is 0.328 e. The molecule has 1 aliphatic rings. The molecule has 136 valence electrons. The molecule has 0 spiro atoms. The molecule has 0 aliphatic carbocycles. The van der Waals surface area contributed by atoms with Crippen molar-refractivity contribution in [3.05, 3.63) is 29.3 Å². The Kier molecular flexibility index (Phi) is 6.42. The highest BCUT2D eigenvalue weighted by molar-refractivity contribution is 6.30. The van der Waals surface area contributed by atoms with E-state index in [4.69, 9.17) is 16.3 Å². The highest BCUT2D eigenvalue weighted by Crippen LogP contribution is 2.26. The number of carbonyl (C=O) groups excluding carboxylic acids is 3. The third-order valence-electron chi connectivity index (χ3n) is 4.17. The van der Waals surface area contributed by atoms with Gasteiger partial charge < -0.3 is 15.0 Å². The van der Waals surface area contributed by atoms with Crippen molar-refractivity contribution in [2.45, 2.75) is 32.7 Å². The second-order valence-electron chi connectivity index (χ2n) is 6.52. The Morgan fingerprint density at radius 3 is 2.52 bits per heavy atom. The molecule has 2 rings (SSSR count). The van der Waals surface area contributed by atoms with E-state index in [0.717, 1.165) is 0 Å². The van der Waals surface area contributed by atoms with Gasteiger partial charge in [0.25, 0.3) is 0 Å². The Labute approximate surface area is 152 Å². The van der Waals surface area contributed by atoms with Crippen molar-refractivity contribution >= 4 is 35.1 Å². The van der Waals surface area contributed by atoms with Gasteiger partial charge in [-0.25, -0.2) is 4.79 Å². The minimum absolute atomic E-state index is 0.203. The molecule has 2 unspecified atom stereocenters. The lowest BCUT2D eigenvalue weighted by atomic mass is 10.0.